The molecule has 0 saturated carbocycles. The molecule has 0 saturated heterocycles. The Morgan fingerprint density at radius 1 is 0.609 bits per heavy atom. The zero-order chi connectivity index (χ0) is 15.8. The number of hydrogen-bond acceptors (Lipinski definition) is 2. The molecule has 4 rings (SSSR count). The Morgan fingerprint density at radius 3 is 1.74 bits per heavy atom. The van der Waals surface area contributed by atoms with Gasteiger partial charge >= 0.3 is 0 Å². The lowest BCUT2D eigenvalue weighted by molar-refractivity contribution is 1.02. The molecule has 0 spiro atoms. The first kappa shape index (κ1) is 13.9. The normalized spacial score (nSPS) is 12.6. The molecular formula is C21H20N2. The van der Waals surface area contributed by atoms with Crippen molar-refractivity contribution in [2.45, 2.75) is 5.92 Å². The van der Waals surface area contributed by atoms with E-state index in [1.165, 1.54) is 33.5 Å². The predicted molar refractivity (Wildman–Crippen MR) is 98.4 cm³/mol. The second-order valence-corrected chi connectivity index (χ2v) is 5.88. The van der Waals surface area contributed by atoms with E-state index < -0.39 is 0 Å². The third kappa shape index (κ3) is 2.02. The van der Waals surface area contributed by atoms with Crippen LogP contribution < -0.4 is 10.6 Å². The van der Waals surface area contributed by atoms with Crippen molar-refractivity contribution in [3.8, 4) is 11.1 Å². The van der Waals surface area contributed by atoms with Crippen molar-refractivity contribution in [1.82, 2.24) is 0 Å². The maximum Gasteiger partial charge on any atom is 0.0615 e. The summed E-state index contributed by atoms with van der Waals surface area (Å²) in [6, 6.07) is 24.0. The van der Waals surface area contributed by atoms with E-state index in [1.54, 1.807) is 0 Å². The van der Waals surface area contributed by atoms with E-state index in [-0.39, 0.29) is 5.92 Å². The molecule has 0 heterocycles. The molecule has 0 aromatic heterocycles. The number of fused-ring (bicyclic) bond motifs is 3. The summed E-state index contributed by atoms with van der Waals surface area (Å²) in [5.74, 6) is 0.276. The lowest BCUT2D eigenvalue weighted by Crippen LogP contribution is -2.06. The van der Waals surface area contributed by atoms with Gasteiger partial charge in [0.15, 0.2) is 0 Å². The van der Waals surface area contributed by atoms with E-state index in [4.69, 9.17) is 0 Å². The van der Waals surface area contributed by atoms with Crippen LogP contribution in [-0.2, 0) is 0 Å². The average Bonchev–Trinajstić information content (AvgIpc) is 2.95. The number of benzene rings is 3. The van der Waals surface area contributed by atoms with Gasteiger partial charge in [0.1, 0.15) is 0 Å². The van der Waals surface area contributed by atoms with E-state index in [0.717, 1.165) is 5.69 Å². The van der Waals surface area contributed by atoms with Crippen LogP contribution in [0.5, 0.6) is 0 Å². The van der Waals surface area contributed by atoms with Gasteiger partial charge in [-0.2, -0.15) is 0 Å². The van der Waals surface area contributed by atoms with Crippen LogP contribution in [-0.4, -0.2) is 14.1 Å². The Labute approximate surface area is 137 Å². The van der Waals surface area contributed by atoms with Gasteiger partial charge in [0, 0.05) is 20.0 Å². The van der Waals surface area contributed by atoms with Crippen LogP contribution >= 0.6 is 0 Å². The van der Waals surface area contributed by atoms with E-state index in [9.17, 15) is 0 Å². The summed E-state index contributed by atoms with van der Waals surface area (Å²) in [7, 11) is 3.96. The van der Waals surface area contributed by atoms with Crippen LogP contribution in [0.4, 0.5) is 11.4 Å². The maximum atomic E-state index is 3.39. The first-order chi connectivity index (χ1) is 11.3. The fourth-order valence-corrected chi connectivity index (χ4v) is 3.79. The number of rotatable bonds is 3. The smallest absolute Gasteiger partial charge is 0.0615 e. The van der Waals surface area contributed by atoms with Gasteiger partial charge in [-0.1, -0.05) is 60.7 Å². The summed E-state index contributed by atoms with van der Waals surface area (Å²) in [4.78, 5) is 0. The molecule has 0 radical (unpaired) electrons. The van der Waals surface area contributed by atoms with Crippen LogP contribution in [0.1, 0.15) is 22.6 Å². The highest BCUT2D eigenvalue weighted by atomic mass is 14.9. The molecule has 0 unspecified atom stereocenters. The van der Waals surface area contributed by atoms with Crippen LogP contribution in [0.15, 0.2) is 66.7 Å². The minimum absolute atomic E-state index is 0.276. The highest BCUT2D eigenvalue weighted by molar-refractivity contribution is 5.84. The molecule has 3 aromatic rings. The first-order valence-electron chi connectivity index (χ1n) is 8.01. The van der Waals surface area contributed by atoms with Gasteiger partial charge in [0.05, 0.1) is 11.4 Å². The van der Waals surface area contributed by atoms with Gasteiger partial charge in [-0.05, 0) is 33.9 Å². The summed E-state index contributed by atoms with van der Waals surface area (Å²) in [5, 5.41) is 6.69. The molecule has 114 valence electrons. The lowest BCUT2D eigenvalue weighted by Gasteiger charge is -2.20. The Bertz CT molecular complexity index is 822. The second-order valence-electron chi connectivity index (χ2n) is 5.88. The Kier molecular flexibility index (Phi) is 3.30. The van der Waals surface area contributed by atoms with Crippen molar-refractivity contribution in [3.05, 3.63) is 83.4 Å². The van der Waals surface area contributed by atoms with Crippen molar-refractivity contribution in [1.29, 1.82) is 0 Å². The Morgan fingerprint density at radius 2 is 1.17 bits per heavy atom. The second kappa shape index (κ2) is 5.47. The monoisotopic (exact) mass is 300 g/mol. The van der Waals surface area contributed by atoms with E-state index in [2.05, 4.69) is 77.4 Å². The van der Waals surface area contributed by atoms with Gasteiger partial charge < -0.3 is 10.6 Å². The molecule has 0 aliphatic heterocycles. The predicted octanol–water partition coefficient (Wildman–Crippen LogP) is 4.93. The van der Waals surface area contributed by atoms with E-state index in [1.807, 2.05) is 14.1 Å². The standard InChI is InChI=1S/C21H20N2/c1-22-19-13-7-12-18(21(19)23-2)20-16-10-5-3-8-14(16)15-9-4-6-11-17(15)20/h3-13,20,22-23H,1-2H3. The summed E-state index contributed by atoms with van der Waals surface area (Å²) >= 11 is 0. The van der Waals surface area contributed by atoms with Crippen LogP contribution in [0, 0.1) is 0 Å². The fraction of sp³-hybridized carbons (Fsp3) is 0.143. The first-order valence-corrected chi connectivity index (χ1v) is 8.01. The summed E-state index contributed by atoms with van der Waals surface area (Å²) in [6.45, 7) is 0. The number of para-hydroxylation sites is 1. The molecule has 3 aromatic carbocycles. The molecule has 0 bridgehead atoms. The minimum Gasteiger partial charge on any atom is -0.386 e. The maximum absolute atomic E-state index is 3.39. The van der Waals surface area contributed by atoms with Crippen molar-refractivity contribution in [3.63, 3.8) is 0 Å². The van der Waals surface area contributed by atoms with Gasteiger partial charge in [0.25, 0.3) is 0 Å². The quantitative estimate of drug-likeness (QED) is 0.560. The Hall–Kier alpha value is -2.74. The number of anilines is 2. The van der Waals surface area contributed by atoms with Crippen molar-refractivity contribution in [2.75, 3.05) is 24.7 Å². The molecular weight excluding hydrogens is 280 g/mol. The molecule has 2 nitrogen and oxygen atoms in total. The molecule has 23 heavy (non-hydrogen) atoms. The highest BCUT2D eigenvalue weighted by Crippen LogP contribution is 2.50. The SMILES string of the molecule is CNc1cccc(C2c3ccccc3-c3ccccc32)c1NC. The van der Waals surface area contributed by atoms with Gasteiger partial charge in [0.2, 0.25) is 0 Å². The molecule has 0 atom stereocenters. The lowest BCUT2D eigenvalue weighted by atomic mass is 9.88. The Balaban J connectivity index is 2.00. The minimum atomic E-state index is 0.276. The van der Waals surface area contributed by atoms with Gasteiger partial charge in [-0.3, -0.25) is 0 Å². The number of nitrogens with one attached hydrogen (secondary N) is 2. The summed E-state index contributed by atoms with van der Waals surface area (Å²) < 4.78 is 0. The van der Waals surface area contributed by atoms with E-state index in [0.29, 0.717) is 0 Å². The molecule has 2 heteroatoms. The van der Waals surface area contributed by atoms with Crippen molar-refractivity contribution in [2.24, 2.45) is 0 Å². The molecule has 0 fully saturated rings. The fourth-order valence-electron chi connectivity index (χ4n) is 3.79. The van der Waals surface area contributed by atoms with Crippen LogP contribution in [0.3, 0.4) is 0 Å². The highest BCUT2D eigenvalue weighted by Gasteiger charge is 2.31. The molecule has 1 aliphatic rings. The molecule has 0 amide bonds. The zero-order valence-corrected chi connectivity index (χ0v) is 13.4. The van der Waals surface area contributed by atoms with Crippen molar-refractivity contribution >= 4 is 11.4 Å². The number of hydrogen-bond donors (Lipinski definition) is 2. The zero-order valence-electron chi connectivity index (χ0n) is 13.4. The third-order valence-electron chi connectivity index (χ3n) is 4.76. The molecule has 1 aliphatic carbocycles. The van der Waals surface area contributed by atoms with E-state index >= 15 is 0 Å². The van der Waals surface area contributed by atoms with Crippen molar-refractivity contribution < 1.29 is 0 Å². The third-order valence-corrected chi connectivity index (χ3v) is 4.76. The largest absolute Gasteiger partial charge is 0.386 e. The van der Waals surface area contributed by atoms with Crippen LogP contribution in [0.2, 0.25) is 0 Å². The summed E-state index contributed by atoms with van der Waals surface area (Å²) in [5.41, 5.74) is 9.10. The van der Waals surface area contributed by atoms with Gasteiger partial charge in [-0.25, -0.2) is 0 Å². The van der Waals surface area contributed by atoms with Crippen LogP contribution in [0.25, 0.3) is 11.1 Å². The average molecular weight is 300 g/mol. The van der Waals surface area contributed by atoms with Gasteiger partial charge in [-0.15, -0.1) is 0 Å². The topological polar surface area (TPSA) is 24.1 Å². The molecule has 2 N–H and O–H groups in total. The summed E-state index contributed by atoms with van der Waals surface area (Å²) in [6.07, 6.45) is 0.